The molecule has 3 heteroatoms. The molecule has 58 valence electrons. The molecule has 3 nitrogen and oxygen atoms in total. The molecular formula is C8H11N3. The molecule has 2 rings (SSSR count). The summed E-state index contributed by atoms with van der Waals surface area (Å²) in [6.07, 6.45) is 5.98. The molecule has 0 bridgehead atoms. The Labute approximate surface area is 65.9 Å². The van der Waals surface area contributed by atoms with Crippen molar-refractivity contribution in [2.24, 2.45) is 0 Å². The zero-order valence-corrected chi connectivity index (χ0v) is 6.54. The van der Waals surface area contributed by atoms with Gasteiger partial charge in [-0.1, -0.05) is 0 Å². The minimum atomic E-state index is 0.658. The summed E-state index contributed by atoms with van der Waals surface area (Å²) < 4.78 is 0. The maximum absolute atomic E-state index is 4.18. The molecule has 0 saturated heterocycles. The van der Waals surface area contributed by atoms with Crippen LogP contribution in [-0.4, -0.2) is 16.0 Å². The molecular weight excluding hydrogens is 138 g/mol. The maximum atomic E-state index is 4.18. The van der Waals surface area contributed by atoms with E-state index in [1.807, 2.05) is 6.92 Å². The van der Waals surface area contributed by atoms with Crippen molar-refractivity contribution in [2.75, 3.05) is 5.32 Å². The van der Waals surface area contributed by atoms with Crippen LogP contribution in [0.5, 0.6) is 0 Å². The zero-order valence-electron chi connectivity index (χ0n) is 6.54. The van der Waals surface area contributed by atoms with Gasteiger partial charge in [0.2, 0.25) is 0 Å². The minimum Gasteiger partial charge on any atom is -0.366 e. The molecule has 0 radical (unpaired) electrons. The first kappa shape index (κ1) is 6.58. The molecule has 1 fully saturated rings. The Morgan fingerprint density at radius 1 is 1.36 bits per heavy atom. The lowest BCUT2D eigenvalue weighted by atomic mass is 10.4. The van der Waals surface area contributed by atoms with Gasteiger partial charge in [-0.3, -0.25) is 4.98 Å². The molecule has 11 heavy (non-hydrogen) atoms. The van der Waals surface area contributed by atoms with E-state index in [0.29, 0.717) is 6.04 Å². The molecule has 1 aromatic heterocycles. The predicted octanol–water partition coefficient (Wildman–Crippen LogP) is 1.36. The highest BCUT2D eigenvalue weighted by atomic mass is 15.1. The summed E-state index contributed by atoms with van der Waals surface area (Å²) in [4.78, 5) is 8.32. The molecule has 0 spiro atoms. The summed E-state index contributed by atoms with van der Waals surface area (Å²) in [5, 5.41) is 3.31. The normalized spacial score (nSPS) is 16.5. The highest BCUT2D eigenvalue weighted by molar-refractivity contribution is 5.40. The van der Waals surface area contributed by atoms with Crippen LogP contribution in [0, 0.1) is 6.92 Å². The van der Waals surface area contributed by atoms with Gasteiger partial charge in [-0.2, -0.15) is 0 Å². The maximum Gasteiger partial charge on any atom is 0.147 e. The molecule has 1 aromatic rings. The largest absolute Gasteiger partial charge is 0.366 e. The Hall–Kier alpha value is -1.12. The van der Waals surface area contributed by atoms with Crippen molar-refractivity contribution in [3.63, 3.8) is 0 Å². The van der Waals surface area contributed by atoms with Gasteiger partial charge in [0.1, 0.15) is 5.82 Å². The van der Waals surface area contributed by atoms with Crippen molar-refractivity contribution in [1.29, 1.82) is 0 Å². The summed E-state index contributed by atoms with van der Waals surface area (Å²) >= 11 is 0. The number of nitrogens with zero attached hydrogens (tertiary/aromatic N) is 2. The van der Waals surface area contributed by atoms with Gasteiger partial charge < -0.3 is 5.32 Å². The first-order valence-electron chi connectivity index (χ1n) is 3.90. The van der Waals surface area contributed by atoms with Crippen LogP contribution in [0.2, 0.25) is 0 Å². The first-order valence-corrected chi connectivity index (χ1v) is 3.90. The van der Waals surface area contributed by atoms with E-state index in [1.165, 1.54) is 12.8 Å². The molecule has 0 aromatic carbocycles. The summed E-state index contributed by atoms with van der Waals surface area (Å²) in [5.74, 6) is 0.940. The number of aryl methyl sites for hydroxylation is 1. The van der Waals surface area contributed by atoms with Crippen molar-refractivity contribution in [1.82, 2.24) is 9.97 Å². The number of anilines is 1. The van der Waals surface area contributed by atoms with Crippen LogP contribution in [0.25, 0.3) is 0 Å². The Balaban J connectivity index is 2.15. The molecule has 1 heterocycles. The Bertz CT molecular complexity index is 255. The van der Waals surface area contributed by atoms with Gasteiger partial charge >= 0.3 is 0 Å². The van der Waals surface area contributed by atoms with Gasteiger partial charge in [0.25, 0.3) is 0 Å². The Morgan fingerprint density at radius 2 is 2.09 bits per heavy atom. The van der Waals surface area contributed by atoms with Crippen molar-refractivity contribution >= 4 is 5.82 Å². The minimum absolute atomic E-state index is 0.658. The van der Waals surface area contributed by atoms with Crippen LogP contribution in [-0.2, 0) is 0 Å². The topological polar surface area (TPSA) is 37.8 Å². The number of hydrogen-bond acceptors (Lipinski definition) is 3. The van der Waals surface area contributed by atoms with Crippen LogP contribution in [0.15, 0.2) is 12.4 Å². The summed E-state index contributed by atoms with van der Waals surface area (Å²) in [6, 6.07) is 0.658. The van der Waals surface area contributed by atoms with Crippen LogP contribution in [0.1, 0.15) is 18.5 Å². The first-order chi connectivity index (χ1) is 5.36. The van der Waals surface area contributed by atoms with Gasteiger partial charge in [-0.05, 0) is 19.8 Å². The standard InChI is InChI=1S/C8H11N3/c1-6-8(10-5-4-9-6)11-7-2-3-7/h4-5,7H,2-3H2,1H3,(H,10,11). The fourth-order valence-electron chi connectivity index (χ4n) is 0.970. The number of aromatic nitrogens is 2. The van der Waals surface area contributed by atoms with Crippen molar-refractivity contribution in [3.8, 4) is 0 Å². The SMILES string of the molecule is Cc1nccnc1NC1CC1. The lowest BCUT2D eigenvalue weighted by Crippen LogP contribution is -2.05. The lowest BCUT2D eigenvalue weighted by molar-refractivity contribution is 1.05. The van der Waals surface area contributed by atoms with Crippen LogP contribution in [0.3, 0.4) is 0 Å². The molecule has 0 aliphatic heterocycles. The molecule has 1 aliphatic carbocycles. The quantitative estimate of drug-likeness (QED) is 0.690. The highest BCUT2D eigenvalue weighted by Crippen LogP contribution is 2.24. The van der Waals surface area contributed by atoms with E-state index in [9.17, 15) is 0 Å². The van der Waals surface area contributed by atoms with Crippen molar-refractivity contribution < 1.29 is 0 Å². The monoisotopic (exact) mass is 149 g/mol. The Morgan fingerprint density at radius 3 is 2.73 bits per heavy atom. The molecule has 0 atom stereocenters. The van der Waals surface area contributed by atoms with E-state index < -0.39 is 0 Å². The van der Waals surface area contributed by atoms with Crippen LogP contribution < -0.4 is 5.32 Å². The fraction of sp³-hybridized carbons (Fsp3) is 0.500. The smallest absolute Gasteiger partial charge is 0.147 e. The number of nitrogens with one attached hydrogen (secondary N) is 1. The van der Waals surface area contributed by atoms with Crippen molar-refractivity contribution in [2.45, 2.75) is 25.8 Å². The third kappa shape index (κ3) is 1.48. The van der Waals surface area contributed by atoms with E-state index in [2.05, 4.69) is 15.3 Å². The Kier molecular flexibility index (Phi) is 1.49. The van der Waals surface area contributed by atoms with E-state index in [0.717, 1.165) is 11.5 Å². The summed E-state index contributed by atoms with van der Waals surface area (Å²) in [6.45, 7) is 1.97. The van der Waals surface area contributed by atoms with Gasteiger partial charge in [0, 0.05) is 18.4 Å². The average Bonchev–Trinajstić information content (AvgIpc) is 2.78. The van der Waals surface area contributed by atoms with E-state index in [1.54, 1.807) is 12.4 Å². The molecule has 1 aliphatic rings. The number of rotatable bonds is 2. The molecule has 1 N–H and O–H groups in total. The summed E-state index contributed by atoms with van der Waals surface area (Å²) in [7, 11) is 0. The second-order valence-electron chi connectivity index (χ2n) is 2.91. The fourth-order valence-corrected chi connectivity index (χ4v) is 0.970. The van der Waals surface area contributed by atoms with E-state index >= 15 is 0 Å². The summed E-state index contributed by atoms with van der Waals surface area (Å²) in [5.41, 5.74) is 0.986. The van der Waals surface area contributed by atoms with Gasteiger partial charge in [0.05, 0.1) is 5.69 Å². The molecule has 0 unspecified atom stereocenters. The van der Waals surface area contributed by atoms with Gasteiger partial charge in [-0.15, -0.1) is 0 Å². The van der Waals surface area contributed by atoms with Crippen LogP contribution in [0.4, 0.5) is 5.82 Å². The van der Waals surface area contributed by atoms with E-state index in [4.69, 9.17) is 0 Å². The van der Waals surface area contributed by atoms with Crippen LogP contribution >= 0.6 is 0 Å². The third-order valence-corrected chi connectivity index (χ3v) is 1.80. The lowest BCUT2D eigenvalue weighted by Gasteiger charge is -2.03. The molecule has 0 amide bonds. The highest BCUT2D eigenvalue weighted by Gasteiger charge is 2.21. The predicted molar refractivity (Wildman–Crippen MR) is 43.4 cm³/mol. The second-order valence-corrected chi connectivity index (χ2v) is 2.91. The average molecular weight is 149 g/mol. The zero-order chi connectivity index (χ0) is 7.68. The van der Waals surface area contributed by atoms with Crippen molar-refractivity contribution in [3.05, 3.63) is 18.1 Å². The second kappa shape index (κ2) is 2.49. The van der Waals surface area contributed by atoms with E-state index in [-0.39, 0.29) is 0 Å². The third-order valence-electron chi connectivity index (χ3n) is 1.80. The number of hydrogen-bond donors (Lipinski definition) is 1. The molecule has 1 saturated carbocycles. The van der Waals surface area contributed by atoms with Gasteiger partial charge in [-0.25, -0.2) is 4.98 Å². The van der Waals surface area contributed by atoms with Gasteiger partial charge in [0.15, 0.2) is 0 Å².